The molecule has 0 bridgehead atoms. The van der Waals surface area contributed by atoms with E-state index in [-0.39, 0.29) is 11.5 Å². The van der Waals surface area contributed by atoms with Gasteiger partial charge in [-0.1, -0.05) is 12.1 Å². The number of amides is 1. The van der Waals surface area contributed by atoms with Crippen LogP contribution in [-0.2, 0) is 6.54 Å². The summed E-state index contributed by atoms with van der Waals surface area (Å²) in [6.07, 6.45) is 5.31. The Morgan fingerprint density at radius 2 is 1.79 bits per heavy atom. The lowest BCUT2D eigenvalue weighted by atomic mass is 10.1. The zero-order valence-corrected chi connectivity index (χ0v) is 14.0. The SMILES string of the molecule is CN(Cc1ccc(N2CCCCC2)cc1)C(=O)c1ccc(=O)[nH]c1. The molecule has 1 amide bonds. The van der Waals surface area contributed by atoms with Crippen LogP contribution < -0.4 is 10.5 Å². The second-order valence-corrected chi connectivity index (χ2v) is 6.32. The van der Waals surface area contributed by atoms with Gasteiger partial charge in [0.05, 0.1) is 5.56 Å². The third-order valence-corrected chi connectivity index (χ3v) is 4.46. The van der Waals surface area contributed by atoms with Crippen LogP contribution in [0.4, 0.5) is 5.69 Å². The van der Waals surface area contributed by atoms with Crippen molar-refractivity contribution in [2.75, 3.05) is 25.0 Å². The molecule has 0 saturated carbocycles. The van der Waals surface area contributed by atoms with Crippen molar-refractivity contribution in [3.63, 3.8) is 0 Å². The molecule has 5 heteroatoms. The number of pyridine rings is 1. The molecule has 24 heavy (non-hydrogen) atoms. The Balaban J connectivity index is 1.63. The van der Waals surface area contributed by atoms with E-state index in [9.17, 15) is 9.59 Å². The van der Waals surface area contributed by atoms with E-state index < -0.39 is 0 Å². The number of nitrogens with one attached hydrogen (secondary N) is 1. The molecule has 1 aliphatic rings. The molecule has 0 aliphatic carbocycles. The maximum Gasteiger partial charge on any atom is 0.255 e. The van der Waals surface area contributed by atoms with E-state index in [0.717, 1.165) is 18.7 Å². The number of aromatic nitrogens is 1. The van der Waals surface area contributed by atoms with Crippen LogP contribution in [0.2, 0.25) is 0 Å². The van der Waals surface area contributed by atoms with Crippen LogP contribution in [0.5, 0.6) is 0 Å². The minimum atomic E-state index is -0.206. The van der Waals surface area contributed by atoms with Gasteiger partial charge in [0.1, 0.15) is 0 Å². The van der Waals surface area contributed by atoms with Crippen molar-refractivity contribution in [3.8, 4) is 0 Å². The summed E-state index contributed by atoms with van der Waals surface area (Å²) in [6.45, 7) is 2.80. The van der Waals surface area contributed by atoms with Crippen LogP contribution in [0, 0.1) is 0 Å². The van der Waals surface area contributed by atoms with Crippen molar-refractivity contribution in [2.24, 2.45) is 0 Å². The number of carbonyl (C=O) groups is 1. The monoisotopic (exact) mass is 325 g/mol. The van der Waals surface area contributed by atoms with Crippen LogP contribution in [0.25, 0.3) is 0 Å². The summed E-state index contributed by atoms with van der Waals surface area (Å²) < 4.78 is 0. The molecule has 1 N–H and O–H groups in total. The van der Waals surface area contributed by atoms with E-state index in [0.29, 0.717) is 12.1 Å². The van der Waals surface area contributed by atoms with Crippen molar-refractivity contribution in [1.29, 1.82) is 0 Å². The number of benzene rings is 1. The fourth-order valence-electron chi connectivity index (χ4n) is 3.07. The number of hydrogen-bond donors (Lipinski definition) is 1. The zero-order valence-electron chi connectivity index (χ0n) is 14.0. The third-order valence-electron chi connectivity index (χ3n) is 4.46. The number of rotatable bonds is 4. The molecule has 1 saturated heterocycles. The highest BCUT2D eigenvalue weighted by Gasteiger charge is 2.13. The summed E-state index contributed by atoms with van der Waals surface area (Å²) in [5.74, 6) is -0.105. The lowest BCUT2D eigenvalue weighted by Gasteiger charge is -2.29. The fourth-order valence-corrected chi connectivity index (χ4v) is 3.07. The van der Waals surface area contributed by atoms with E-state index in [1.807, 2.05) is 0 Å². The standard InChI is InChI=1S/C19H23N3O2/c1-21(19(24)16-7-10-18(23)20-13-16)14-15-5-8-17(9-6-15)22-11-3-2-4-12-22/h5-10,13H,2-4,11-12,14H2,1H3,(H,20,23). The number of anilines is 1. The Hall–Kier alpha value is -2.56. The number of nitrogens with zero attached hydrogens (tertiary/aromatic N) is 2. The average Bonchev–Trinajstić information content (AvgIpc) is 2.63. The van der Waals surface area contributed by atoms with Crippen molar-refractivity contribution in [2.45, 2.75) is 25.8 Å². The molecule has 1 aromatic carbocycles. The minimum absolute atomic E-state index is 0.105. The summed E-state index contributed by atoms with van der Waals surface area (Å²) in [5, 5.41) is 0. The average molecular weight is 325 g/mol. The summed E-state index contributed by atoms with van der Waals surface area (Å²) >= 11 is 0. The fraction of sp³-hybridized carbons (Fsp3) is 0.368. The van der Waals surface area contributed by atoms with Crippen LogP contribution in [0.1, 0.15) is 35.2 Å². The van der Waals surface area contributed by atoms with Gasteiger partial charge in [-0.3, -0.25) is 9.59 Å². The van der Waals surface area contributed by atoms with Gasteiger partial charge in [0.25, 0.3) is 5.91 Å². The zero-order chi connectivity index (χ0) is 16.9. The normalized spacial score (nSPS) is 14.5. The topological polar surface area (TPSA) is 56.4 Å². The number of carbonyl (C=O) groups excluding carboxylic acids is 1. The van der Waals surface area contributed by atoms with Gasteiger partial charge in [0.15, 0.2) is 0 Å². The first-order valence-corrected chi connectivity index (χ1v) is 8.41. The molecule has 0 unspecified atom stereocenters. The van der Waals surface area contributed by atoms with Gasteiger partial charge in [-0.25, -0.2) is 0 Å². The molecule has 1 fully saturated rings. The Kier molecular flexibility index (Phi) is 4.99. The van der Waals surface area contributed by atoms with Gasteiger partial charge in [-0.05, 0) is 43.0 Å². The summed E-state index contributed by atoms with van der Waals surface area (Å²) in [7, 11) is 1.77. The van der Waals surface area contributed by atoms with Gasteiger partial charge in [0.2, 0.25) is 5.56 Å². The van der Waals surface area contributed by atoms with E-state index >= 15 is 0 Å². The highest BCUT2D eigenvalue weighted by Crippen LogP contribution is 2.20. The van der Waals surface area contributed by atoms with Crippen molar-refractivity contribution in [1.82, 2.24) is 9.88 Å². The first-order valence-electron chi connectivity index (χ1n) is 8.41. The molecule has 0 spiro atoms. The summed E-state index contributed by atoms with van der Waals surface area (Å²) in [6, 6.07) is 11.4. The van der Waals surface area contributed by atoms with Gasteiger partial charge in [-0.15, -0.1) is 0 Å². The Labute approximate surface area is 141 Å². The largest absolute Gasteiger partial charge is 0.372 e. The van der Waals surface area contributed by atoms with Crippen LogP contribution >= 0.6 is 0 Å². The molecule has 5 nitrogen and oxygen atoms in total. The highest BCUT2D eigenvalue weighted by atomic mass is 16.2. The third kappa shape index (κ3) is 3.85. The van der Waals surface area contributed by atoms with Gasteiger partial charge in [0, 0.05) is 44.6 Å². The Morgan fingerprint density at radius 3 is 2.42 bits per heavy atom. The first kappa shape index (κ1) is 16.3. The second kappa shape index (κ2) is 7.34. The van der Waals surface area contributed by atoms with Gasteiger partial charge >= 0.3 is 0 Å². The molecule has 2 heterocycles. The maximum absolute atomic E-state index is 12.4. The predicted octanol–water partition coefficient (Wildman–Crippen LogP) is 2.64. The van der Waals surface area contributed by atoms with Crippen LogP contribution in [0.15, 0.2) is 47.4 Å². The molecule has 0 atom stereocenters. The molecule has 1 aromatic heterocycles. The lowest BCUT2D eigenvalue weighted by molar-refractivity contribution is 0.0784. The first-order chi connectivity index (χ1) is 11.6. The minimum Gasteiger partial charge on any atom is -0.372 e. The number of piperidine rings is 1. The molecule has 126 valence electrons. The van der Waals surface area contributed by atoms with E-state index in [1.54, 1.807) is 18.0 Å². The quantitative estimate of drug-likeness (QED) is 0.940. The van der Waals surface area contributed by atoms with Crippen molar-refractivity contribution >= 4 is 11.6 Å². The molecular formula is C19H23N3O2. The molecule has 2 aromatic rings. The van der Waals surface area contributed by atoms with Gasteiger partial charge in [-0.2, -0.15) is 0 Å². The van der Waals surface area contributed by atoms with E-state index in [4.69, 9.17) is 0 Å². The van der Waals surface area contributed by atoms with Crippen molar-refractivity contribution < 1.29 is 4.79 Å². The van der Waals surface area contributed by atoms with Crippen molar-refractivity contribution in [3.05, 3.63) is 64.1 Å². The lowest BCUT2D eigenvalue weighted by Crippen LogP contribution is -2.29. The molecule has 3 rings (SSSR count). The molecule has 0 radical (unpaired) electrons. The van der Waals surface area contributed by atoms with Gasteiger partial charge < -0.3 is 14.8 Å². The maximum atomic E-state index is 12.4. The number of H-pyrrole nitrogens is 1. The predicted molar refractivity (Wildman–Crippen MR) is 95.4 cm³/mol. The second-order valence-electron chi connectivity index (χ2n) is 6.32. The highest BCUT2D eigenvalue weighted by molar-refractivity contribution is 5.93. The summed E-state index contributed by atoms with van der Waals surface area (Å²) in [4.78, 5) is 30.1. The van der Waals surface area contributed by atoms with E-state index in [2.05, 4.69) is 34.1 Å². The smallest absolute Gasteiger partial charge is 0.255 e. The summed E-state index contributed by atoms with van der Waals surface area (Å²) in [5.41, 5.74) is 2.63. The molecule has 1 aliphatic heterocycles. The van der Waals surface area contributed by atoms with Crippen LogP contribution in [-0.4, -0.2) is 35.9 Å². The Morgan fingerprint density at radius 1 is 1.08 bits per heavy atom. The van der Waals surface area contributed by atoms with Crippen LogP contribution in [0.3, 0.4) is 0 Å². The van der Waals surface area contributed by atoms with E-state index in [1.165, 1.54) is 37.2 Å². The number of hydrogen-bond acceptors (Lipinski definition) is 3. The molecular weight excluding hydrogens is 302 g/mol. The Bertz CT molecular complexity index is 725. The number of aromatic amines is 1.